The van der Waals surface area contributed by atoms with Crippen molar-refractivity contribution in [2.24, 2.45) is 0 Å². The lowest BCUT2D eigenvalue weighted by Crippen LogP contribution is -2.50. The van der Waals surface area contributed by atoms with Gasteiger partial charge in [0.05, 0.1) is 23.3 Å². The number of nitrogens with one attached hydrogen (secondary N) is 1. The van der Waals surface area contributed by atoms with Crippen LogP contribution < -0.4 is 10.9 Å². The van der Waals surface area contributed by atoms with E-state index in [1.807, 2.05) is 36.1 Å². The minimum absolute atomic E-state index is 0. The molecule has 1 aliphatic rings. The van der Waals surface area contributed by atoms with Crippen LogP contribution in [0.25, 0.3) is 10.9 Å². The first-order valence-electron chi connectivity index (χ1n) is 9.00. The SMILES string of the molecule is Cc1cccc2c(=O)n(CC(=O)N3CCNCC3c3cccnc3)cnc12.Cl. The molecule has 1 fully saturated rings. The van der Waals surface area contributed by atoms with Crippen LogP contribution in [0.5, 0.6) is 0 Å². The average Bonchev–Trinajstić information content (AvgIpc) is 2.71. The van der Waals surface area contributed by atoms with Crippen LogP contribution in [-0.2, 0) is 11.3 Å². The number of carbonyl (C=O) groups is 1. The summed E-state index contributed by atoms with van der Waals surface area (Å²) in [6.45, 7) is 3.89. The highest BCUT2D eigenvalue weighted by Gasteiger charge is 2.28. The molecular formula is C20H22ClN5O2. The fourth-order valence-electron chi connectivity index (χ4n) is 3.56. The second-order valence-electron chi connectivity index (χ2n) is 6.74. The van der Waals surface area contributed by atoms with Crippen molar-refractivity contribution in [2.75, 3.05) is 19.6 Å². The van der Waals surface area contributed by atoms with E-state index in [2.05, 4.69) is 15.3 Å². The Kier molecular flexibility index (Phi) is 6.06. The molecule has 3 heterocycles. The molecule has 0 bridgehead atoms. The molecule has 4 rings (SSSR count). The fraction of sp³-hybridized carbons (Fsp3) is 0.300. The summed E-state index contributed by atoms with van der Waals surface area (Å²) in [5, 5.41) is 3.86. The van der Waals surface area contributed by atoms with Crippen molar-refractivity contribution in [1.29, 1.82) is 0 Å². The predicted molar refractivity (Wildman–Crippen MR) is 110 cm³/mol. The van der Waals surface area contributed by atoms with Gasteiger partial charge in [0.15, 0.2) is 0 Å². The summed E-state index contributed by atoms with van der Waals surface area (Å²) in [5.74, 6) is -0.0961. The second-order valence-corrected chi connectivity index (χ2v) is 6.74. The van der Waals surface area contributed by atoms with Crippen LogP contribution in [0.1, 0.15) is 17.2 Å². The van der Waals surface area contributed by atoms with Crippen molar-refractivity contribution in [3.63, 3.8) is 0 Å². The molecule has 1 saturated heterocycles. The number of nitrogens with zero attached hydrogens (tertiary/aromatic N) is 4. The quantitative estimate of drug-likeness (QED) is 0.725. The fourth-order valence-corrected chi connectivity index (χ4v) is 3.56. The highest BCUT2D eigenvalue weighted by molar-refractivity contribution is 5.85. The minimum Gasteiger partial charge on any atom is -0.331 e. The van der Waals surface area contributed by atoms with Crippen LogP contribution in [0.4, 0.5) is 0 Å². The van der Waals surface area contributed by atoms with E-state index >= 15 is 0 Å². The Morgan fingerprint density at radius 3 is 2.93 bits per heavy atom. The molecule has 0 aliphatic carbocycles. The van der Waals surface area contributed by atoms with Crippen LogP contribution in [0.3, 0.4) is 0 Å². The third kappa shape index (κ3) is 3.76. The number of para-hydroxylation sites is 1. The van der Waals surface area contributed by atoms with Crippen molar-refractivity contribution < 1.29 is 4.79 Å². The predicted octanol–water partition coefficient (Wildman–Crippen LogP) is 1.69. The summed E-state index contributed by atoms with van der Waals surface area (Å²) in [6, 6.07) is 9.25. The van der Waals surface area contributed by atoms with Gasteiger partial charge in [-0.25, -0.2) is 4.98 Å². The van der Waals surface area contributed by atoms with Gasteiger partial charge in [0.2, 0.25) is 5.91 Å². The number of aromatic nitrogens is 3. The van der Waals surface area contributed by atoms with Crippen molar-refractivity contribution in [3.05, 3.63) is 70.5 Å². The first kappa shape index (κ1) is 20.0. The van der Waals surface area contributed by atoms with Crippen molar-refractivity contribution in [2.45, 2.75) is 19.5 Å². The number of carbonyl (C=O) groups excluding carboxylic acids is 1. The van der Waals surface area contributed by atoms with Gasteiger partial charge in [0, 0.05) is 32.0 Å². The second kappa shape index (κ2) is 8.50. The Labute approximate surface area is 168 Å². The summed E-state index contributed by atoms with van der Waals surface area (Å²) < 4.78 is 1.40. The van der Waals surface area contributed by atoms with E-state index in [1.54, 1.807) is 18.5 Å². The summed E-state index contributed by atoms with van der Waals surface area (Å²) in [5.41, 5.74) is 2.42. The van der Waals surface area contributed by atoms with Crippen LogP contribution in [0.2, 0.25) is 0 Å². The summed E-state index contributed by atoms with van der Waals surface area (Å²) in [6.07, 6.45) is 4.97. The summed E-state index contributed by atoms with van der Waals surface area (Å²) in [7, 11) is 0. The molecule has 146 valence electrons. The van der Waals surface area contributed by atoms with E-state index in [9.17, 15) is 9.59 Å². The molecule has 1 aromatic carbocycles. The molecule has 1 unspecified atom stereocenters. The zero-order chi connectivity index (χ0) is 18.8. The highest BCUT2D eigenvalue weighted by atomic mass is 35.5. The molecule has 8 heteroatoms. The molecule has 3 aromatic rings. The highest BCUT2D eigenvalue weighted by Crippen LogP contribution is 2.21. The van der Waals surface area contributed by atoms with Gasteiger partial charge in [-0.05, 0) is 30.2 Å². The summed E-state index contributed by atoms with van der Waals surface area (Å²) >= 11 is 0. The number of aryl methyl sites for hydroxylation is 1. The molecule has 1 atom stereocenters. The largest absolute Gasteiger partial charge is 0.331 e. The lowest BCUT2D eigenvalue weighted by atomic mass is 10.1. The smallest absolute Gasteiger partial charge is 0.261 e. The molecule has 7 nitrogen and oxygen atoms in total. The number of hydrogen-bond acceptors (Lipinski definition) is 5. The van der Waals surface area contributed by atoms with Gasteiger partial charge in [0.1, 0.15) is 6.54 Å². The zero-order valence-electron chi connectivity index (χ0n) is 15.5. The lowest BCUT2D eigenvalue weighted by molar-refractivity contribution is -0.135. The normalized spacial score (nSPS) is 16.6. The van der Waals surface area contributed by atoms with E-state index in [1.165, 1.54) is 10.9 Å². The minimum atomic E-state index is -0.190. The number of rotatable bonds is 3. The Morgan fingerprint density at radius 2 is 2.14 bits per heavy atom. The average molecular weight is 400 g/mol. The van der Waals surface area contributed by atoms with Gasteiger partial charge < -0.3 is 10.2 Å². The number of hydrogen-bond donors (Lipinski definition) is 1. The Balaban J connectivity index is 0.00000225. The Hall–Kier alpha value is -2.77. The van der Waals surface area contributed by atoms with Gasteiger partial charge in [-0.3, -0.25) is 19.1 Å². The lowest BCUT2D eigenvalue weighted by Gasteiger charge is -2.36. The maximum absolute atomic E-state index is 13.0. The van der Waals surface area contributed by atoms with Gasteiger partial charge in [0.25, 0.3) is 5.56 Å². The first-order chi connectivity index (χ1) is 13.1. The number of pyridine rings is 1. The Bertz CT molecular complexity index is 1040. The molecule has 1 aliphatic heterocycles. The molecule has 0 spiro atoms. The van der Waals surface area contributed by atoms with E-state index in [-0.39, 0.29) is 36.5 Å². The van der Waals surface area contributed by atoms with Crippen molar-refractivity contribution >= 4 is 29.2 Å². The zero-order valence-corrected chi connectivity index (χ0v) is 16.4. The number of amides is 1. The molecule has 0 radical (unpaired) electrons. The number of fused-ring (bicyclic) bond motifs is 1. The van der Waals surface area contributed by atoms with E-state index < -0.39 is 0 Å². The monoisotopic (exact) mass is 399 g/mol. The number of halogens is 1. The molecule has 1 N–H and O–H groups in total. The first-order valence-corrected chi connectivity index (χ1v) is 9.00. The van der Waals surface area contributed by atoms with E-state index in [0.29, 0.717) is 24.0 Å². The topological polar surface area (TPSA) is 80.1 Å². The molecule has 28 heavy (non-hydrogen) atoms. The third-order valence-electron chi connectivity index (χ3n) is 4.99. The van der Waals surface area contributed by atoms with Crippen LogP contribution in [0, 0.1) is 6.92 Å². The van der Waals surface area contributed by atoms with Gasteiger partial charge in [-0.1, -0.05) is 18.2 Å². The number of piperazine rings is 1. The maximum atomic E-state index is 13.0. The molecule has 1 amide bonds. The van der Waals surface area contributed by atoms with Gasteiger partial charge in [-0.2, -0.15) is 0 Å². The van der Waals surface area contributed by atoms with Crippen LogP contribution in [-0.4, -0.2) is 45.0 Å². The van der Waals surface area contributed by atoms with E-state index in [0.717, 1.165) is 17.7 Å². The Morgan fingerprint density at radius 1 is 1.29 bits per heavy atom. The van der Waals surface area contributed by atoms with E-state index in [4.69, 9.17) is 0 Å². The molecule has 0 saturated carbocycles. The number of benzene rings is 1. The molecular weight excluding hydrogens is 378 g/mol. The van der Waals surface area contributed by atoms with Gasteiger partial charge >= 0.3 is 0 Å². The van der Waals surface area contributed by atoms with Crippen LogP contribution >= 0.6 is 12.4 Å². The summed E-state index contributed by atoms with van der Waals surface area (Å²) in [4.78, 5) is 36.1. The standard InChI is InChI=1S/C20H21N5O2.ClH/c1-14-4-2-6-16-19(14)23-13-24(20(16)27)12-18(26)25-9-8-22-11-17(25)15-5-3-7-21-10-15;/h2-7,10,13,17,22H,8-9,11-12H2,1H3;1H. The molecule has 2 aromatic heterocycles. The maximum Gasteiger partial charge on any atom is 0.261 e. The third-order valence-corrected chi connectivity index (χ3v) is 4.99. The van der Waals surface area contributed by atoms with Crippen molar-refractivity contribution in [3.8, 4) is 0 Å². The van der Waals surface area contributed by atoms with Gasteiger partial charge in [-0.15, -0.1) is 12.4 Å². The van der Waals surface area contributed by atoms with Crippen molar-refractivity contribution in [1.82, 2.24) is 24.8 Å². The van der Waals surface area contributed by atoms with Crippen LogP contribution in [0.15, 0.2) is 53.8 Å².